The molecule has 0 amide bonds. The number of nitriles is 1. The number of aromatic nitrogens is 3. The van der Waals surface area contributed by atoms with Crippen molar-refractivity contribution in [3.05, 3.63) is 22.1 Å². The van der Waals surface area contributed by atoms with Crippen molar-refractivity contribution >= 4 is 24.4 Å². The van der Waals surface area contributed by atoms with Crippen LogP contribution < -0.4 is 11.3 Å². The van der Waals surface area contributed by atoms with Gasteiger partial charge in [-0.2, -0.15) is 10.2 Å². The van der Waals surface area contributed by atoms with Gasteiger partial charge >= 0.3 is 0 Å². The van der Waals surface area contributed by atoms with Crippen LogP contribution in [-0.4, -0.2) is 39.0 Å². The molecule has 1 unspecified atom stereocenters. The highest BCUT2D eigenvalue weighted by Gasteiger charge is 2.14. The van der Waals surface area contributed by atoms with E-state index in [9.17, 15) is 9.36 Å². The molecule has 0 aliphatic heterocycles. The number of hydrogen-bond acceptors (Lipinski definition) is 6. The number of ether oxygens (including phenoxy) is 1. The second kappa shape index (κ2) is 5.69. The fourth-order valence-corrected chi connectivity index (χ4v) is 2.33. The number of nitrogens with one attached hydrogen (secondary N) is 1. The normalized spacial score (nSPS) is 14.0. The summed E-state index contributed by atoms with van der Waals surface area (Å²) in [4.78, 5) is 27.3. The topological polar surface area (TPSA) is 147 Å². The highest BCUT2D eigenvalue weighted by molar-refractivity contribution is 7.56. The van der Waals surface area contributed by atoms with Crippen molar-refractivity contribution in [1.82, 2.24) is 14.5 Å². The van der Waals surface area contributed by atoms with E-state index in [1.165, 1.54) is 12.9 Å². The SMILES string of the molecule is CP(=O)(O)COCCn1cc(C#N)c2c(=O)[nH]c(N)nc21. The van der Waals surface area contributed by atoms with Crippen LogP contribution in [0.25, 0.3) is 11.0 Å². The van der Waals surface area contributed by atoms with Crippen LogP contribution in [0.15, 0.2) is 11.0 Å². The summed E-state index contributed by atoms with van der Waals surface area (Å²) in [6.07, 6.45) is 1.22. The molecule has 2 heterocycles. The zero-order chi connectivity index (χ0) is 15.6. The lowest BCUT2D eigenvalue weighted by molar-refractivity contribution is 0.160. The van der Waals surface area contributed by atoms with E-state index < -0.39 is 12.9 Å². The van der Waals surface area contributed by atoms with Crippen LogP contribution >= 0.6 is 7.37 Å². The minimum absolute atomic E-state index is 0.0503. The molecule has 0 spiro atoms. The highest BCUT2D eigenvalue weighted by atomic mass is 31.2. The predicted molar refractivity (Wildman–Crippen MR) is 76.0 cm³/mol. The quantitative estimate of drug-likeness (QED) is 0.522. The van der Waals surface area contributed by atoms with Gasteiger partial charge in [0.2, 0.25) is 13.3 Å². The molecule has 112 valence electrons. The molecular weight excluding hydrogens is 297 g/mol. The molecule has 4 N–H and O–H groups in total. The number of rotatable bonds is 5. The van der Waals surface area contributed by atoms with Gasteiger partial charge in [0.1, 0.15) is 17.8 Å². The molecule has 0 radical (unpaired) electrons. The standard InChI is InChI=1S/C11H14N5O4P/c1-21(18,19)6-20-3-2-16-5-7(4-12)8-9(16)14-11(13)15-10(8)17/h5H,2-3,6H2,1H3,(H,18,19)(H3,13,14,15,17). The van der Waals surface area contributed by atoms with Crippen molar-refractivity contribution in [2.75, 3.05) is 25.4 Å². The van der Waals surface area contributed by atoms with Crippen LogP contribution in [0.3, 0.4) is 0 Å². The Morgan fingerprint density at radius 3 is 3.00 bits per heavy atom. The lowest BCUT2D eigenvalue weighted by atomic mass is 10.3. The van der Waals surface area contributed by atoms with Gasteiger partial charge in [0, 0.05) is 19.4 Å². The summed E-state index contributed by atoms with van der Waals surface area (Å²) in [7, 11) is -3.23. The molecule has 0 bridgehead atoms. The largest absolute Gasteiger partial charge is 0.370 e. The molecule has 9 nitrogen and oxygen atoms in total. The summed E-state index contributed by atoms with van der Waals surface area (Å²) in [5, 5.41) is 9.21. The molecule has 10 heteroatoms. The maximum Gasteiger partial charge on any atom is 0.263 e. The molecule has 1 atom stereocenters. The third-order valence-electron chi connectivity index (χ3n) is 2.67. The van der Waals surface area contributed by atoms with Gasteiger partial charge in [0.05, 0.1) is 12.2 Å². The van der Waals surface area contributed by atoms with Crippen LogP contribution in [0.5, 0.6) is 0 Å². The number of aromatic amines is 1. The minimum atomic E-state index is -3.23. The van der Waals surface area contributed by atoms with Crippen molar-refractivity contribution in [3.63, 3.8) is 0 Å². The Hall–Kier alpha value is -2.14. The first kappa shape index (κ1) is 15.3. The molecule has 0 saturated carbocycles. The Labute approximate surface area is 119 Å². The van der Waals surface area contributed by atoms with Crippen molar-refractivity contribution in [2.24, 2.45) is 0 Å². The average molecular weight is 311 g/mol. The minimum Gasteiger partial charge on any atom is -0.370 e. The Kier molecular flexibility index (Phi) is 4.14. The number of anilines is 1. The van der Waals surface area contributed by atoms with Gasteiger partial charge in [0.15, 0.2) is 5.65 Å². The third kappa shape index (κ3) is 3.49. The molecule has 0 fully saturated rings. The first-order chi connectivity index (χ1) is 9.81. The molecule has 0 saturated heterocycles. The lowest BCUT2D eigenvalue weighted by Crippen LogP contribution is -2.13. The van der Waals surface area contributed by atoms with Gasteiger partial charge in [-0.15, -0.1) is 0 Å². The van der Waals surface area contributed by atoms with E-state index in [1.807, 2.05) is 6.07 Å². The van der Waals surface area contributed by atoms with E-state index in [4.69, 9.17) is 20.6 Å². The molecule has 0 aliphatic rings. The second-order valence-corrected chi connectivity index (χ2v) is 6.95. The Balaban J connectivity index is 2.27. The number of fused-ring (bicyclic) bond motifs is 1. The zero-order valence-corrected chi connectivity index (χ0v) is 12.1. The number of hydrogen-bond donors (Lipinski definition) is 3. The predicted octanol–water partition coefficient (Wildman–Crippen LogP) is 0.0528. The fourth-order valence-electron chi connectivity index (χ4n) is 1.86. The third-order valence-corrected chi connectivity index (χ3v) is 3.33. The number of nitrogens with two attached hydrogens (primary N) is 1. The molecule has 0 aliphatic carbocycles. The Morgan fingerprint density at radius 1 is 1.67 bits per heavy atom. The van der Waals surface area contributed by atoms with Crippen LogP contribution in [0.2, 0.25) is 0 Å². The van der Waals surface area contributed by atoms with Gasteiger partial charge in [0.25, 0.3) is 5.56 Å². The van der Waals surface area contributed by atoms with E-state index >= 15 is 0 Å². The highest BCUT2D eigenvalue weighted by Crippen LogP contribution is 2.34. The van der Waals surface area contributed by atoms with Crippen LogP contribution in [-0.2, 0) is 15.8 Å². The van der Waals surface area contributed by atoms with E-state index in [-0.39, 0.29) is 42.0 Å². The van der Waals surface area contributed by atoms with Crippen molar-refractivity contribution < 1.29 is 14.2 Å². The van der Waals surface area contributed by atoms with Gasteiger partial charge in [-0.25, -0.2) is 0 Å². The number of nitrogen functional groups attached to an aromatic ring is 1. The molecule has 21 heavy (non-hydrogen) atoms. The smallest absolute Gasteiger partial charge is 0.263 e. The molecule has 2 aromatic rings. The Morgan fingerprint density at radius 2 is 2.38 bits per heavy atom. The molecule has 2 rings (SSSR count). The summed E-state index contributed by atoms with van der Waals surface area (Å²) in [6, 6.07) is 1.92. The van der Waals surface area contributed by atoms with Gasteiger partial charge in [-0.1, -0.05) is 0 Å². The summed E-state index contributed by atoms with van der Waals surface area (Å²) >= 11 is 0. The summed E-state index contributed by atoms with van der Waals surface area (Å²) in [5.74, 6) is -0.0503. The van der Waals surface area contributed by atoms with E-state index in [2.05, 4.69) is 9.97 Å². The first-order valence-electron chi connectivity index (χ1n) is 5.97. The van der Waals surface area contributed by atoms with Crippen molar-refractivity contribution in [3.8, 4) is 6.07 Å². The Bertz CT molecular complexity index is 812. The van der Waals surface area contributed by atoms with Crippen molar-refractivity contribution in [2.45, 2.75) is 6.54 Å². The van der Waals surface area contributed by atoms with Crippen LogP contribution in [0.1, 0.15) is 5.56 Å². The van der Waals surface area contributed by atoms with E-state index in [1.54, 1.807) is 4.57 Å². The van der Waals surface area contributed by atoms with E-state index in [0.717, 1.165) is 0 Å². The van der Waals surface area contributed by atoms with Gasteiger partial charge in [-0.05, 0) is 0 Å². The fraction of sp³-hybridized carbons (Fsp3) is 0.364. The maximum atomic E-state index is 11.8. The van der Waals surface area contributed by atoms with Gasteiger partial charge in [-0.3, -0.25) is 14.3 Å². The average Bonchev–Trinajstić information content (AvgIpc) is 2.72. The maximum absolute atomic E-state index is 11.8. The second-order valence-electron chi connectivity index (χ2n) is 4.59. The number of nitrogens with zero attached hydrogens (tertiary/aromatic N) is 3. The summed E-state index contributed by atoms with van der Waals surface area (Å²) in [5.41, 5.74) is 5.47. The summed E-state index contributed by atoms with van der Waals surface area (Å²) in [6.45, 7) is 1.61. The van der Waals surface area contributed by atoms with Crippen LogP contribution in [0, 0.1) is 11.3 Å². The zero-order valence-electron chi connectivity index (χ0n) is 11.2. The van der Waals surface area contributed by atoms with Crippen LogP contribution in [0.4, 0.5) is 5.95 Å². The van der Waals surface area contributed by atoms with Gasteiger partial charge < -0.3 is 19.9 Å². The molecular formula is C11H14N5O4P. The van der Waals surface area contributed by atoms with Crippen molar-refractivity contribution in [1.29, 1.82) is 5.26 Å². The lowest BCUT2D eigenvalue weighted by Gasteiger charge is -2.08. The van der Waals surface area contributed by atoms with E-state index in [0.29, 0.717) is 0 Å². The first-order valence-corrected chi connectivity index (χ1v) is 8.27. The molecule has 0 aromatic carbocycles. The molecule has 2 aromatic heterocycles. The summed E-state index contributed by atoms with van der Waals surface area (Å²) < 4.78 is 17.7. The number of H-pyrrole nitrogens is 1. The monoisotopic (exact) mass is 311 g/mol.